The highest BCUT2D eigenvalue weighted by Crippen LogP contribution is 2.24. The monoisotopic (exact) mass is 377 g/mol. The van der Waals surface area contributed by atoms with Crippen molar-refractivity contribution < 1.29 is 4.79 Å². The molecule has 1 heterocycles. The summed E-state index contributed by atoms with van der Waals surface area (Å²) in [7, 11) is 1.75. The molecule has 2 rings (SSSR count). The number of carbonyl (C=O) groups excluding carboxylic acids is 1. The maximum Gasteiger partial charge on any atom is 0.254 e. The van der Waals surface area contributed by atoms with Gasteiger partial charge in [-0.05, 0) is 46.3 Å². The van der Waals surface area contributed by atoms with Crippen LogP contribution in [0.2, 0.25) is 10.0 Å². The first-order chi connectivity index (χ1) is 8.95. The molecule has 6 heteroatoms. The molecule has 0 fully saturated rings. The molecule has 0 atom stereocenters. The van der Waals surface area contributed by atoms with Crippen molar-refractivity contribution in [2.75, 3.05) is 7.05 Å². The van der Waals surface area contributed by atoms with Crippen LogP contribution in [0.25, 0.3) is 0 Å². The molecule has 0 N–H and O–H groups in total. The Labute approximate surface area is 134 Å². The predicted molar refractivity (Wildman–Crippen MR) is 84.3 cm³/mol. The van der Waals surface area contributed by atoms with Gasteiger partial charge in [0.05, 0.1) is 10.3 Å². The molecule has 0 unspecified atom stereocenters. The van der Waals surface area contributed by atoms with Crippen LogP contribution in [0.1, 0.15) is 15.2 Å². The lowest BCUT2D eigenvalue weighted by molar-refractivity contribution is 0.0786. The Balaban J connectivity index is 2.14. The summed E-state index contributed by atoms with van der Waals surface area (Å²) < 4.78 is 1.05. The molecule has 0 aliphatic carbocycles. The number of thiophene rings is 1. The Kier molecular flexibility index (Phi) is 4.90. The fourth-order valence-electron chi connectivity index (χ4n) is 1.64. The van der Waals surface area contributed by atoms with Gasteiger partial charge in [0, 0.05) is 27.5 Å². The number of carbonyl (C=O) groups is 1. The van der Waals surface area contributed by atoms with E-state index in [1.54, 1.807) is 41.5 Å². The predicted octanol–water partition coefficient (Wildman–Crippen LogP) is 5.09. The molecule has 1 amide bonds. The Morgan fingerprint density at radius 3 is 2.42 bits per heavy atom. The van der Waals surface area contributed by atoms with Gasteiger partial charge in [0.2, 0.25) is 0 Å². The highest BCUT2D eigenvalue weighted by molar-refractivity contribution is 9.11. The van der Waals surface area contributed by atoms with E-state index < -0.39 is 0 Å². The van der Waals surface area contributed by atoms with E-state index in [4.69, 9.17) is 23.2 Å². The van der Waals surface area contributed by atoms with Crippen molar-refractivity contribution in [3.63, 3.8) is 0 Å². The average molecular weight is 379 g/mol. The van der Waals surface area contributed by atoms with Crippen molar-refractivity contribution >= 4 is 56.4 Å². The summed E-state index contributed by atoms with van der Waals surface area (Å²) in [6.45, 7) is 0.555. The van der Waals surface area contributed by atoms with Gasteiger partial charge in [-0.3, -0.25) is 4.79 Å². The van der Waals surface area contributed by atoms with Crippen molar-refractivity contribution in [2.45, 2.75) is 6.54 Å². The third kappa shape index (κ3) is 3.96. The van der Waals surface area contributed by atoms with Gasteiger partial charge in [0.25, 0.3) is 5.91 Å². The Bertz CT molecular complexity index is 594. The number of nitrogens with zero attached hydrogens (tertiary/aromatic N) is 1. The summed E-state index contributed by atoms with van der Waals surface area (Å²) in [5.74, 6) is -0.103. The molecule has 2 aromatic rings. The standard InChI is InChI=1S/C13H10BrCl2NOS/c1-17(7-11-2-3-12(14)19-11)13(18)8-4-9(15)6-10(16)5-8/h2-6H,7H2,1H3. The molecule has 100 valence electrons. The second kappa shape index (κ2) is 6.27. The van der Waals surface area contributed by atoms with Crippen molar-refractivity contribution in [1.29, 1.82) is 0 Å². The van der Waals surface area contributed by atoms with E-state index in [-0.39, 0.29) is 5.91 Å². The van der Waals surface area contributed by atoms with Crippen LogP contribution < -0.4 is 0 Å². The molecule has 0 aliphatic rings. The lowest BCUT2D eigenvalue weighted by Gasteiger charge is -2.16. The summed E-state index contributed by atoms with van der Waals surface area (Å²) in [4.78, 5) is 15.0. The minimum absolute atomic E-state index is 0.103. The first-order valence-corrected chi connectivity index (χ1v) is 7.78. The molecule has 1 aromatic carbocycles. The smallest absolute Gasteiger partial charge is 0.254 e. The van der Waals surface area contributed by atoms with Gasteiger partial charge in [0.1, 0.15) is 0 Å². The molecule has 19 heavy (non-hydrogen) atoms. The van der Waals surface area contributed by atoms with Crippen LogP contribution in [0.4, 0.5) is 0 Å². The van der Waals surface area contributed by atoms with Crippen LogP contribution in [0.5, 0.6) is 0 Å². The van der Waals surface area contributed by atoms with Crippen molar-refractivity contribution in [1.82, 2.24) is 4.90 Å². The van der Waals surface area contributed by atoms with Gasteiger partial charge in [-0.15, -0.1) is 11.3 Å². The van der Waals surface area contributed by atoms with E-state index >= 15 is 0 Å². The lowest BCUT2D eigenvalue weighted by Crippen LogP contribution is -2.25. The highest BCUT2D eigenvalue weighted by Gasteiger charge is 2.14. The molecule has 0 saturated heterocycles. The summed E-state index contributed by atoms with van der Waals surface area (Å²) in [6, 6.07) is 8.81. The molecular formula is C13H10BrCl2NOS. The Morgan fingerprint density at radius 2 is 1.89 bits per heavy atom. The van der Waals surface area contributed by atoms with Crippen LogP contribution in [-0.2, 0) is 6.54 Å². The van der Waals surface area contributed by atoms with E-state index in [0.29, 0.717) is 22.2 Å². The normalized spacial score (nSPS) is 10.5. The summed E-state index contributed by atoms with van der Waals surface area (Å²) in [5.41, 5.74) is 0.496. The fourth-order valence-corrected chi connectivity index (χ4v) is 3.70. The van der Waals surface area contributed by atoms with Crippen LogP contribution in [0, 0.1) is 0 Å². The summed E-state index contributed by atoms with van der Waals surface area (Å²) >= 11 is 16.8. The molecule has 0 saturated carbocycles. The molecule has 0 radical (unpaired) electrons. The fraction of sp³-hybridized carbons (Fsp3) is 0.154. The maximum absolute atomic E-state index is 12.3. The van der Waals surface area contributed by atoms with Crippen LogP contribution >= 0.6 is 50.5 Å². The Hall–Kier alpha value is -0.550. The molecule has 0 bridgehead atoms. The number of hydrogen-bond acceptors (Lipinski definition) is 2. The second-order valence-electron chi connectivity index (χ2n) is 4.03. The number of amides is 1. The topological polar surface area (TPSA) is 20.3 Å². The molecule has 1 aromatic heterocycles. The van der Waals surface area contributed by atoms with Crippen molar-refractivity contribution in [3.8, 4) is 0 Å². The molecule has 0 spiro atoms. The highest BCUT2D eigenvalue weighted by atomic mass is 79.9. The maximum atomic E-state index is 12.3. The molecular weight excluding hydrogens is 369 g/mol. The van der Waals surface area contributed by atoms with Crippen LogP contribution in [-0.4, -0.2) is 17.9 Å². The number of rotatable bonds is 3. The summed E-state index contributed by atoms with van der Waals surface area (Å²) in [5, 5.41) is 0.922. The number of halogens is 3. The first kappa shape index (κ1) is 14.9. The largest absolute Gasteiger partial charge is 0.337 e. The SMILES string of the molecule is CN(Cc1ccc(Br)s1)C(=O)c1cc(Cl)cc(Cl)c1. The minimum atomic E-state index is -0.103. The van der Waals surface area contributed by atoms with E-state index in [0.717, 1.165) is 8.66 Å². The van der Waals surface area contributed by atoms with Gasteiger partial charge >= 0.3 is 0 Å². The van der Waals surface area contributed by atoms with Gasteiger partial charge in [-0.25, -0.2) is 0 Å². The van der Waals surface area contributed by atoms with Gasteiger partial charge in [0.15, 0.2) is 0 Å². The lowest BCUT2D eigenvalue weighted by atomic mass is 10.2. The molecule has 2 nitrogen and oxygen atoms in total. The second-order valence-corrected chi connectivity index (χ2v) is 7.45. The van der Waals surface area contributed by atoms with E-state index in [2.05, 4.69) is 15.9 Å². The quantitative estimate of drug-likeness (QED) is 0.728. The Morgan fingerprint density at radius 1 is 1.26 bits per heavy atom. The van der Waals surface area contributed by atoms with Crippen LogP contribution in [0.3, 0.4) is 0 Å². The van der Waals surface area contributed by atoms with E-state index in [1.807, 2.05) is 12.1 Å². The number of benzene rings is 1. The zero-order chi connectivity index (χ0) is 14.0. The summed E-state index contributed by atoms with van der Waals surface area (Å²) in [6.07, 6.45) is 0. The minimum Gasteiger partial charge on any atom is -0.337 e. The zero-order valence-electron chi connectivity index (χ0n) is 9.99. The third-order valence-corrected chi connectivity index (χ3v) is 4.52. The number of hydrogen-bond donors (Lipinski definition) is 0. The van der Waals surface area contributed by atoms with Gasteiger partial charge in [-0.2, -0.15) is 0 Å². The van der Waals surface area contributed by atoms with Crippen molar-refractivity contribution in [3.05, 3.63) is 54.6 Å². The zero-order valence-corrected chi connectivity index (χ0v) is 13.9. The average Bonchev–Trinajstić information content (AvgIpc) is 2.72. The van der Waals surface area contributed by atoms with Gasteiger partial charge in [-0.1, -0.05) is 23.2 Å². The van der Waals surface area contributed by atoms with Crippen molar-refractivity contribution in [2.24, 2.45) is 0 Å². The van der Waals surface area contributed by atoms with Crippen LogP contribution in [0.15, 0.2) is 34.1 Å². The first-order valence-electron chi connectivity index (χ1n) is 5.41. The van der Waals surface area contributed by atoms with E-state index in [9.17, 15) is 4.79 Å². The van der Waals surface area contributed by atoms with Gasteiger partial charge < -0.3 is 4.90 Å². The van der Waals surface area contributed by atoms with E-state index in [1.165, 1.54) is 0 Å². The molecule has 0 aliphatic heterocycles. The third-order valence-electron chi connectivity index (χ3n) is 2.48.